The molecule has 0 unspecified atom stereocenters. The van der Waals surface area contributed by atoms with E-state index in [1.54, 1.807) is 7.11 Å². The van der Waals surface area contributed by atoms with Crippen LogP contribution in [0, 0.1) is 18.3 Å². The molecule has 3 nitrogen and oxygen atoms in total. The van der Waals surface area contributed by atoms with E-state index >= 15 is 0 Å². The van der Waals surface area contributed by atoms with Crippen molar-refractivity contribution in [2.75, 3.05) is 13.7 Å². The van der Waals surface area contributed by atoms with Crippen molar-refractivity contribution < 1.29 is 13.9 Å². The zero-order valence-corrected chi connectivity index (χ0v) is 16.8. The molecule has 0 heterocycles. The lowest BCUT2D eigenvalue weighted by Crippen LogP contribution is -2.43. The average Bonchev–Trinajstić information content (AvgIpc) is 2.64. The summed E-state index contributed by atoms with van der Waals surface area (Å²) >= 11 is 0. The molecule has 0 radical (unpaired) electrons. The maximum absolute atomic E-state index is 6.61. The molecular formula is C20H32O3Si. The Balaban J connectivity index is 2.68. The highest BCUT2D eigenvalue weighted by atomic mass is 28.4. The number of hydrogen-bond donors (Lipinski definition) is 0. The lowest BCUT2D eigenvalue weighted by Gasteiger charge is -2.35. The molecule has 24 heavy (non-hydrogen) atoms. The number of hydrogen-bond acceptors (Lipinski definition) is 3. The van der Waals surface area contributed by atoms with E-state index in [2.05, 4.69) is 33.6 Å². The van der Waals surface area contributed by atoms with Crippen LogP contribution >= 0.6 is 0 Å². The van der Waals surface area contributed by atoms with E-state index in [4.69, 9.17) is 20.3 Å². The highest BCUT2D eigenvalue weighted by Gasteiger charge is 2.33. The van der Waals surface area contributed by atoms with E-state index in [1.807, 2.05) is 24.3 Å². The van der Waals surface area contributed by atoms with Crippen molar-refractivity contribution in [1.29, 1.82) is 0 Å². The Labute approximate surface area is 148 Å². The molecule has 0 aromatic heterocycles. The van der Waals surface area contributed by atoms with Gasteiger partial charge in [0.15, 0.2) is 8.32 Å². The van der Waals surface area contributed by atoms with Gasteiger partial charge >= 0.3 is 0 Å². The van der Waals surface area contributed by atoms with E-state index in [0.29, 0.717) is 13.0 Å². The largest absolute Gasteiger partial charge is 0.497 e. The summed E-state index contributed by atoms with van der Waals surface area (Å²) < 4.78 is 17.7. The molecule has 134 valence electrons. The molecule has 0 saturated carbocycles. The third-order valence-corrected chi connectivity index (χ3v) is 9.53. The van der Waals surface area contributed by atoms with Crippen LogP contribution in [-0.4, -0.2) is 28.1 Å². The second kappa shape index (κ2) is 10.4. The molecule has 1 aromatic rings. The first-order valence-corrected chi connectivity index (χ1v) is 11.4. The Morgan fingerprint density at radius 1 is 1.04 bits per heavy atom. The van der Waals surface area contributed by atoms with Crippen LogP contribution < -0.4 is 9.47 Å². The van der Waals surface area contributed by atoms with Crippen LogP contribution in [0.3, 0.4) is 0 Å². The van der Waals surface area contributed by atoms with Crippen LogP contribution in [0.25, 0.3) is 0 Å². The summed E-state index contributed by atoms with van der Waals surface area (Å²) in [6.07, 6.45) is 6.29. The summed E-state index contributed by atoms with van der Waals surface area (Å²) in [5.74, 6) is 4.70. The van der Waals surface area contributed by atoms with Gasteiger partial charge < -0.3 is 13.9 Å². The molecule has 0 aliphatic heterocycles. The predicted molar refractivity (Wildman–Crippen MR) is 103 cm³/mol. The van der Waals surface area contributed by atoms with Crippen LogP contribution in [0.15, 0.2) is 24.3 Å². The number of benzene rings is 1. The molecule has 0 amide bonds. The van der Waals surface area contributed by atoms with Gasteiger partial charge in [0.05, 0.1) is 19.8 Å². The lowest BCUT2D eigenvalue weighted by molar-refractivity contribution is 0.0989. The number of methoxy groups -OCH3 is 1. The fourth-order valence-electron chi connectivity index (χ4n) is 2.80. The van der Waals surface area contributed by atoms with Gasteiger partial charge in [-0.15, -0.1) is 12.3 Å². The van der Waals surface area contributed by atoms with Crippen molar-refractivity contribution in [3.8, 4) is 23.8 Å². The summed E-state index contributed by atoms with van der Waals surface area (Å²) in [4.78, 5) is 0. The van der Waals surface area contributed by atoms with Crippen LogP contribution in [-0.2, 0) is 4.43 Å². The van der Waals surface area contributed by atoms with Gasteiger partial charge in [-0.3, -0.25) is 0 Å². The Hall–Kier alpha value is -1.44. The van der Waals surface area contributed by atoms with Gasteiger partial charge in [-0.2, -0.15) is 0 Å². The standard InChI is InChI=1S/C20H32O3Si/c1-7-11-20(23-24(8-2,9-3)10-4)17(5)16-22-19-14-12-18(21-6)13-15-19/h1,12-15,17,20H,8-11,16H2,2-6H3/t17-,20+/m1/s1. The van der Waals surface area contributed by atoms with Crippen LogP contribution in [0.4, 0.5) is 0 Å². The summed E-state index contributed by atoms with van der Waals surface area (Å²) in [7, 11) is -0.0111. The summed E-state index contributed by atoms with van der Waals surface area (Å²) in [6.45, 7) is 9.48. The monoisotopic (exact) mass is 348 g/mol. The zero-order valence-electron chi connectivity index (χ0n) is 15.8. The zero-order chi connectivity index (χ0) is 18.0. The van der Waals surface area contributed by atoms with E-state index in [1.165, 1.54) is 0 Å². The third kappa shape index (κ3) is 5.88. The SMILES string of the molecule is C#CC[C@H](O[Si](CC)(CC)CC)[C@H](C)COc1ccc(OC)cc1. The highest BCUT2D eigenvalue weighted by Crippen LogP contribution is 2.27. The van der Waals surface area contributed by atoms with E-state index in [-0.39, 0.29) is 12.0 Å². The molecule has 0 saturated heterocycles. The normalized spacial score (nSPS) is 13.8. The fourth-order valence-corrected chi connectivity index (χ4v) is 5.76. The first kappa shape index (κ1) is 20.6. The number of terminal acetylenes is 1. The summed E-state index contributed by atoms with van der Waals surface area (Å²) in [5.41, 5.74) is 0. The molecule has 0 fully saturated rings. The molecule has 0 aliphatic carbocycles. The molecule has 2 atom stereocenters. The van der Waals surface area contributed by atoms with Crippen molar-refractivity contribution in [3.05, 3.63) is 24.3 Å². The maximum atomic E-state index is 6.61. The van der Waals surface area contributed by atoms with Crippen molar-refractivity contribution >= 4 is 8.32 Å². The van der Waals surface area contributed by atoms with Crippen molar-refractivity contribution in [1.82, 2.24) is 0 Å². The van der Waals surface area contributed by atoms with Gasteiger partial charge in [0.1, 0.15) is 11.5 Å². The summed E-state index contributed by atoms with van der Waals surface area (Å²) in [6, 6.07) is 11.0. The molecule has 0 N–H and O–H groups in total. The smallest absolute Gasteiger partial charge is 0.192 e. The lowest BCUT2D eigenvalue weighted by atomic mass is 10.0. The van der Waals surface area contributed by atoms with Crippen LogP contribution in [0.2, 0.25) is 18.1 Å². The second-order valence-electron chi connectivity index (χ2n) is 6.27. The first-order chi connectivity index (χ1) is 11.5. The second-order valence-corrected chi connectivity index (χ2v) is 11.0. The van der Waals surface area contributed by atoms with Crippen LogP contribution in [0.5, 0.6) is 11.5 Å². The van der Waals surface area contributed by atoms with Crippen molar-refractivity contribution in [2.45, 2.75) is 58.4 Å². The molecule has 0 spiro atoms. The van der Waals surface area contributed by atoms with Gasteiger partial charge in [0, 0.05) is 12.3 Å². The van der Waals surface area contributed by atoms with Gasteiger partial charge in [0.2, 0.25) is 0 Å². The minimum absolute atomic E-state index is 0.0692. The van der Waals surface area contributed by atoms with Gasteiger partial charge in [-0.05, 0) is 42.4 Å². The quantitative estimate of drug-likeness (QED) is 0.410. The van der Waals surface area contributed by atoms with Gasteiger partial charge in [-0.25, -0.2) is 0 Å². The Morgan fingerprint density at radius 2 is 1.58 bits per heavy atom. The van der Waals surface area contributed by atoms with Gasteiger partial charge in [0.25, 0.3) is 0 Å². The van der Waals surface area contributed by atoms with Crippen LogP contribution in [0.1, 0.15) is 34.1 Å². The van der Waals surface area contributed by atoms with Crippen molar-refractivity contribution in [3.63, 3.8) is 0 Å². The van der Waals surface area contributed by atoms with Crippen molar-refractivity contribution in [2.24, 2.45) is 5.92 Å². The first-order valence-electron chi connectivity index (χ1n) is 8.92. The molecule has 1 aromatic carbocycles. The van der Waals surface area contributed by atoms with E-state index in [0.717, 1.165) is 29.6 Å². The average molecular weight is 349 g/mol. The number of ether oxygens (including phenoxy) is 2. The number of rotatable bonds is 11. The highest BCUT2D eigenvalue weighted by molar-refractivity contribution is 6.73. The minimum atomic E-state index is -1.67. The maximum Gasteiger partial charge on any atom is 0.192 e. The summed E-state index contributed by atoms with van der Waals surface area (Å²) in [5, 5.41) is 0. The molecule has 1 rings (SSSR count). The fraction of sp³-hybridized carbons (Fsp3) is 0.600. The molecule has 4 heteroatoms. The van der Waals surface area contributed by atoms with E-state index in [9.17, 15) is 0 Å². The van der Waals surface area contributed by atoms with E-state index < -0.39 is 8.32 Å². The Bertz CT molecular complexity index is 494. The Kier molecular flexibility index (Phi) is 8.95. The van der Waals surface area contributed by atoms with Gasteiger partial charge in [-0.1, -0.05) is 27.7 Å². The Morgan fingerprint density at radius 3 is 2.04 bits per heavy atom. The molecular weight excluding hydrogens is 316 g/mol. The predicted octanol–water partition coefficient (Wildman–Crippen LogP) is 5.12. The minimum Gasteiger partial charge on any atom is -0.497 e. The molecule has 0 aliphatic rings. The topological polar surface area (TPSA) is 27.7 Å². The third-order valence-electron chi connectivity index (χ3n) is 4.86. The molecule has 0 bridgehead atoms.